The first-order chi connectivity index (χ1) is 58.2. The van der Waals surface area contributed by atoms with Gasteiger partial charge < -0.3 is 38.3 Å². The zero-order valence-corrected chi connectivity index (χ0v) is 71.6. The van der Waals surface area contributed by atoms with Crippen LogP contribution in [-0.2, 0) is 52.4 Å². The van der Waals surface area contributed by atoms with E-state index in [9.17, 15) is 34.1 Å². The second-order valence-electron chi connectivity index (χ2n) is 27.1. The third-order valence-electron chi connectivity index (χ3n) is 19.6. The number of aliphatic hydroxyl groups is 1. The van der Waals surface area contributed by atoms with Gasteiger partial charge in [0.05, 0.1) is 30.8 Å². The first-order valence-electron chi connectivity index (χ1n) is 38.5. The highest BCUT2D eigenvalue weighted by atomic mass is 32.2. The summed E-state index contributed by atoms with van der Waals surface area (Å²) < 4.78 is 48.8. The number of hydrogen-bond acceptors (Lipinski definition) is 22. The van der Waals surface area contributed by atoms with Crippen LogP contribution in [0.3, 0.4) is 0 Å². The molecule has 7 aliphatic heterocycles. The van der Waals surface area contributed by atoms with Crippen LogP contribution in [-0.4, -0.2) is 210 Å². The molecule has 0 aromatic heterocycles. The lowest BCUT2D eigenvalue weighted by Gasteiger charge is -2.54. The van der Waals surface area contributed by atoms with Gasteiger partial charge in [-0.25, -0.2) is 4.31 Å². The summed E-state index contributed by atoms with van der Waals surface area (Å²) >= 11 is 8.80. The van der Waals surface area contributed by atoms with Gasteiger partial charge >= 0.3 is 0 Å². The zero-order valence-electron chi connectivity index (χ0n) is 66.7. The number of para-hydroxylation sites is 1. The fourth-order valence-corrected chi connectivity index (χ4v) is 18.9. The van der Waals surface area contributed by atoms with Gasteiger partial charge in [-0.2, -0.15) is 0 Å². The first-order valence-corrected chi connectivity index (χ1v) is 44.6. The fraction of sp³-hybridized carbons (Fsp3) is 0.330. The number of non-ortho nitro benzene ring substituents is 1. The topological polar surface area (TPSA) is 233 Å². The van der Waals surface area contributed by atoms with Gasteiger partial charge in [-0.05, 0) is 163 Å². The molecule has 0 bridgehead atoms. The number of benzene rings is 8. The predicted molar refractivity (Wildman–Crippen MR) is 470 cm³/mol. The van der Waals surface area contributed by atoms with Crippen LogP contribution in [0.25, 0.3) is 0 Å². The van der Waals surface area contributed by atoms with Crippen molar-refractivity contribution in [1.82, 2.24) is 25.8 Å². The van der Waals surface area contributed by atoms with Crippen molar-refractivity contribution >= 4 is 107 Å². The number of carbonyl (C=O) groups excluding carboxylic acids is 5. The van der Waals surface area contributed by atoms with Crippen molar-refractivity contribution in [2.24, 2.45) is 0 Å². The van der Waals surface area contributed by atoms with E-state index in [1.807, 2.05) is 193 Å². The SMILES string of the molecule is COC1C(=O)N(SC)C1C#Cc1ccccc1.COC1C(=O)N(SC2CCCCC2)C1C#Cc1ccccc1.COC1C(=O)N(SCCO)C1C#Cc1ccccc1.COC1C(=O)N(Sc2ccccc2)C1C#Cc1ccccc1.CSN1C(=O)C(Oc2ccccc2)C1c1ccc([N+](=O)[O-])cc1.CSN1C2OCCOC2C1c1ccccc1. The predicted octanol–water partition coefficient (Wildman–Crippen LogP) is 13.9. The minimum absolute atomic E-state index is 0.00707. The van der Waals surface area contributed by atoms with Gasteiger partial charge in [-0.1, -0.05) is 230 Å². The third-order valence-corrected chi connectivity index (χ3v) is 25.6. The van der Waals surface area contributed by atoms with Crippen molar-refractivity contribution in [3.63, 3.8) is 0 Å². The highest BCUT2D eigenvalue weighted by Gasteiger charge is 2.54. The standard InChI is InChI=1S/C18H21NO2S.C18H15NO2S.C16H14N2O4S.C14H15NO3S.C13H13NO2S.C12H15NO2S/c2*1-21-17-16(13-12-14-8-4-2-5-9-14)19(18(17)20)22-15-10-6-3-7-11-15;1-23-17-14(11-7-9-12(10-8-11)18(20)21)15(16(17)19)22-13-5-3-2-4-6-13;1-18-13-12(15(14(13)17)19-10-9-16)8-7-11-5-3-2-4-6-11;1-16-12-11(14(17-2)13(12)15)9-8-10-6-4-3-5-7-10;1-16-13-10(9-5-3-2-4-6-9)11-12(13)15-8-7-14-11/h2,4-5,8-9,15-17H,3,6-7,10-11H2,1H3;2-11,16-17H,1H3;2-10,14-15H,1H3;2-6,12-13,16H,9-10H2,1H3;3-7,11-12H,1-2H3;2-6,10-12H,7-8H2,1H3. The number of nitro benzene ring substituents is 1. The van der Waals surface area contributed by atoms with Crippen LogP contribution in [0, 0.1) is 57.5 Å². The number of carbonyl (C=O) groups is 5. The molecule has 8 fully saturated rings. The lowest BCUT2D eigenvalue weighted by Crippen LogP contribution is -2.63. The lowest BCUT2D eigenvalue weighted by atomic mass is 9.92. The number of amides is 5. The number of β-lactam (4-membered cyclic amide) rings is 5. The Morgan fingerprint density at radius 2 is 0.824 bits per heavy atom. The molecule has 22 nitrogen and oxygen atoms in total. The van der Waals surface area contributed by atoms with Crippen LogP contribution in [0.5, 0.6) is 5.75 Å². The van der Waals surface area contributed by atoms with Crippen molar-refractivity contribution in [2.75, 3.05) is 72.8 Å². The lowest BCUT2D eigenvalue weighted by molar-refractivity contribution is -0.384. The molecule has 28 heteroatoms. The van der Waals surface area contributed by atoms with E-state index in [1.165, 1.54) is 112 Å². The van der Waals surface area contributed by atoms with Crippen molar-refractivity contribution < 1.29 is 67.2 Å². The molecule has 0 radical (unpaired) electrons. The van der Waals surface area contributed by atoms with E-state index in [1.54, 1.807) is 79.6 Å². The maximum Gasteiger partial charge on any atom is 0.276 e. The van der Waals surface area contributed by atoms with Crippen molar-refractivity contribution in [3.8, 4) is 53.1 Å². The monoisotopic (exact) mass is 1720 g/mol. The molecule has 1 aliphatic carbocycles. The summed E-state index contributed by atoms with van der Waals surface area (Å²) in [5.41, 5.74) is 5.90. The van der Waals surface area contributed by atoms with Crippen LogP contribution in [0.1, 0.15) is 77.6 Å². The maximum atomic E-state index is 12.2. The van der Waals surface area contributed by atoms with Gasteiger partial charge in [0.1, 0.15) is 48.3 Å². The molecule has 1 N–H and O–H groups in total. The molecule has 7 heterocycles. The van der Waals surface area contributed by atoms with Crippen molar-refractivity contribution in [2.45, 2.75) is 121 Å². The summed E-state index contributed by atoms with van der Waals surface area (Å²) in [4.78, 5) is 71.2. The molecular weight excluding hydrogens is 1620 g/mol. The summed E-state index contributed by atoms with van der Waals surface area (Å²) in [7, 11) is 6.18. The van der Waals surface area contributed by atoms with E-state index < -0.39 is 35.4 Å². The number of aliphatic hydroxyl groups excluding tert-OH is 1. The molecule has 16 rings (SSSR count). The molecule has 618 valence electrons. The molecule has 5 amide bonds. The molecule has 8 aromatic carbocycles. The normalized spacial score (nSPS) is 23.5. The number of hydrogen-bond donors (Lipinski definition) is 1. The van der Waals surface area contributed by atoms with Gasteiger partial charge in [0.2, 0.25) is 6.10 Å². The minimum atomic E-state index is -0.619. The van der Waals surface area contributed by atoms with Gasteiger partial charge in [0, 0.05) is 91.2 Å². The Balaban J connectivity index is 0.000000140. The van der Waals surface area contributed by atoms with Gasteiger partial charge in [0.25, 0.3) is 35.2 Å². The molecule has 119 heavy (non-hydrogen) atoms. The van der Waals surface area contributed by atoms with Crippen LogP contribution in [0.15, 0.2) is 241 Å². The highest BCUT2D eigenvalue weighted by molar-refractivity contribution is 7.98. The molecular formula is C91H93N7O15S6. The summed E-state index contributed by atoms with van der Waals surface area (Å²) in [6.45, 7) is 1.46. The average Bonchev–Trinajstić information content (AvgIpc) is 0.757. The largest absolute Gasteiger partial charge is 0.478 e. The number of ether oxygens (including phenoxy) is 7. The Morgan fingerprint density at radius 1 is 0.437 bits per heavy atom. The van der Waals surface area contributed by atoms with E-state index >= 15 is 0 Å². The van der Waals surface area contributed by atoms with Crippen molar-refractivity contribution in [3.05, 3.63) is 280 Å². The highest BCUT2D eigenvalue weighted by Crippen LogP contribution is 2.47. The van der Waals surface area contributed by atoms with E-state index in [4.69, 9.17) is 38.3 Å². The van der Waals surface area contributed by atoms with Gasteiger partial charge in [0.15, 0.2) is 24.4 Å². The van der Waals surface area contributed by atoms with E-state index in [0.29, 0.717) is 36.0 Å². The Kier molecular flexibility index (Phi) is 35.0. The summed E-state index contributed by atoms with van der Waals surface area (Å²) in [5.74, 6) is 25.8. The van der Waals surface area contributed by atoms with Crippen LogP contribution in [0.4, 0.5) is 5.69 Å². The van der Waals surface area contributed by atoms with Crippen molar-refractivity contribution in [1.29, 1.82) is 0 Å². The number of methoxy groups -OCH3 is 4. The number of fused-ring (bicyclic) bond motifs is 1. The molecule has 8 aliphatic rings. The molecule has 1 saturated carbocycles. The van der Waals surface area contributed by atoms with Gasteiger partial charge in [-0.3, -0.25) is 55.6 Å². The Hall–Kier alpha value is -9.67. The zero-order chi connectivity index (χ0) is 84.0. The smallest absolute Gasteiger partial charge is 0.276 e. The average molecular weight is 1720 g/mol. The Bertz CT molecular complexity index is 4870. The quantitative estimate of drug-likeness (QED) is 0.0260. The summed E-state index contributed by atoms with van der Waals surface area (Å²) in [6, 6.07) is 73.9. The molecule has 8 aromatic rings. The number of rotatable bonds is 19. The van der Waals surface area contributed by atoms with E-state index in [-0.39, 0.29) is 84.4 Å². The summed E-state index contributed by atoms with van der Waals surface area (Å²) in [5, 5.41) is 20.1. The van der Waals surface area contributed by atoms with Crippen LogP contribution in [0.2, 0.25) is 0 Å². The van der Waals surface area contributed by atoms with Gasteiger partial charge in [-0.15, -0.1) is 0 Å². The maximum absolute atomic E-state index is 12.2. The Labute approximate surface area is 722 Å². The van der Waals surface area contributed by atoms with E-state index in [2.05, 4.69) is 82.2 Å². The third kappa shape index (κ3) is 23.3. The molecule has 7 saturated heterocycles. The first kappa shape index (κ1) is 90.1. The van der Waals surface area contributed by atoms with Crippen LogP contribution >= 0.6 is 71.7 Å². The molecule has 13 atom stereocenters. The second-order valence-corrected chi connectivity index (χ2v) is 32.8. The van der Waals surface area contributed by atoms with Crippen LogP contribution < -0.4 is 4.74 Å². The Morgan fingerprint density at radius 3 is 1.27 bits per heavy atom. The fourth-order valence-electron chi connectivity index (χ4n) is 13.5. The molecule has 13 unspecified atom stereocenters. The second kappa shape index (κ2) is 46.2. The summed E-state index contributed by atoms with van der Waals surface area (Å²) in [6.07, 6.45) is 9.94. The number of nitro groups is 1. The van der Waals surface area contributed by atoms with E-state index in [0.717, 1.165) is 32.7 Å². The molecule has 0 spiro atoms. The minimum Gasteiger partial charge on any atom is -0.478 e. The number of nitrogens with zero attached hydrogens (tertiary/aromatic N) is 7.